The third kappa shape index (κ3) is 5.99. The first-order valence-electron chi connectivity index (χ1n) is 5.27. The van der Waals surface area contributed by atoms with Crippen LogP contribution in [0.5, 0.6) is 0 Å². The van der Waals surface area contributed by atoms with Crippen molar-refractivity contribution in [1.29, 1.82) is 0 Å². The molecule has 1 atom stereocenters. The van der Waals surface area contributed by atoms with Gasteiger partial charge in [0.2, 0.25) is 0 Å². The Morgan fingerprint density at radius 3 is 2.29 bits per heavy atom. The standard InChI is InChI=1S/C11H24BrNO/c1-9(2)10(8-12)13-7-6-11(3,4)14-5/h9-10,13H,6-8H2,1-5H3. The number of ether oxygens (including phenoxy) is 1. The molecule has 86 valence electrons. The van der Waals surface area contributed by atoms with E-state index in [2.05, 4.69) is 48.9 Å². The maximum atomic E-state index is 5.36. The molecule has 0 bridgehead atoms. The summed E-state index contributed by atoms with van der Waals surface area (Å²) >= 11 is 3.52. The van der Waals surface area contributed by atoms with Gasteiger partial charge >= 0.3 is 0 Å². The van der Waals surface area contributed by atoms with Crippen molar-refractivity contribution in [3.05, 3.63) is 0 Å². The van der Waals surface area contributed by atoms with Crippen LogP contribution in [0.15, 0.2) is 0 Å². The SMILES string of the molecule is COC(C)(C)CCNC(CBr)C(C)C. The van der Waals surface area contributed by atoms with Crippen molar-refractivity contribution in [2.45, 2.75) is 45.8 Å². The van der Waals surface area contributed by atoms with Gasteiger partial charge in [-0.05, 0) is 32.7 Å². The molecule has 0 spiro atoms. The Labute approximate surface area is 96.9 Å². The Morgan fingerprint density at radius 2 is 1.93 bits per heavy atom. The van der Waals surface area contributed by atoms with Crippen molar-refractivity contribution in [2.75, 3.05) is 19.0 Å². The van der Waals surface area contributed by atoms with Crippen LogP contribution in [0.4, 0.5) is 0 Å². The van der Waals surface area contributed by atoms with Crippen LogP contribution >= 0.6 is 15.9 Å². The lowest BCUT2D eigenvalue weighted by atomic mass is 10.0. The minimum absolute atomic E-state index is 0.0131. The lowest BCUT2D eigenvalue weighted by Gasteiger charge is -2.26. The molecule has 0 rings (SSSR count). The van der Waals surface area contributed by atoms with E-state index in [1.165, 1.54) is 0 Å². The molecule has 0 heterocycles. The molecule has 0 saturated heterocycles. The van der Waals surface area contributed by atoms with E-state index in [9.17, 15) is 0 Å². The predicted molar refractivity (Wildman–Crippen MR) is 66.1 cm³/mol. The second kappa shape index (κ2) is 6.81. The molecule has 0 aromatic rings. The first kappa shape index (κ1) is 14.4. The highest BCUT2D eigenvalue weighted by Gasteiger charge is 2.17. The summed E-state index contributed by atoms with van der Waals surface area (Å²) in [4.78, 5) is 0. The van der Waals surface area contributed by atoms with E-state index in [0.29, 0.717) is 12.0 Å². The van der Waals surface area contributed by atoms with E-state index >= 15 is 0 Å². The van der Waals surface area contributed by atoms with E-state index in [-0.39, 0.29) is 5.60 Å². The van der Waals surface area contributed by atoms with Crippen molar-refractivity contribution in [3.8, 4) is 0 Å². The predicted octanol–water partition coefficient (Wildman–Crippen LogP) is 2.81. The molecule has 0 saturated carbocycles. The quantitative estimate of drug-likeness (QED) is 0.715. The minimum Gasteiger partial charge on any atom is -0.379 e. The van der Waals surface area contributed by atoms with Crippen molar-refractivity contribution in [3.63, 3.8) is 0 Å². The second-order valence-electron chi connectivity index (χ2n) is 4.67. The Hall–Kier alpha value is 0.400. The Morgan fingerprint density at radius 1 is 1.36 bits per heavy atom. The first-order chi connectivity index (χ1) is 6.43. The highest BCUT2D eigenvalue weighted by Crippen LogP contribution is 2.12. The van der Waals surface area contributed by atoms with Gasteiger partial charge in [-0.15, -0.1) is 0 Å². The normalized spacial score (nSPS) is 14.8. The van der Waals surface area contributed by atoms with Crippen LogP contribution in [-0.2, 0) is 4.74 Å². The van der Waals surface area contributed by atoms with Crippen LogP contribution in [0.2, 0.25) is 0 Å². The highest BCUT2D eigenvalue weighted by atomic mass is 79.9. The molecule has 0 aliphatic heterocycles. The second-order valence-corrected chi connectivity index (χ2v) is 5.32. The summed E-state index contributed by atoms with van der Waals surface area (Å²) < 4.78 is 5.36. The topological polar surface area (TPSA) is 21.3 Å². The molecule has 1 N–H and O–H groups in total. The number of alkyl halides is 1. The molecule has 0 aliphatic carbocycles. The van der Waals surface area contributed by atoms with E-state index in [0.717, 1.165) is 18.3 Å². The summed E-state index contributed by atoms with van der Waals surface area (Å²) in [5, 5.41) is 4.54. The van der Waals surface area contributed by atoms with Crippen LogP contribution in [0.1, 0.15) is 34.1 Å². The lowest BCUT2D eigenvalue weighted by Crippen LogP contribution is -2.38. The van der Waals surface area contributed by atoms with Crippen molar-refractivity contribution in [1.82, 2.24) is 5.32 Å². The van der Waals surface area contributed by atoms with Gasteiger partial charge in [0.05, 0.1) is 5.60 Å². The summed E-state index contributed by atoms with van der Waals surface area (Å²) in [5.74, 6) is 0.667. The van der Waals surface area contributed by atoms with E-state index < -0.39 is 0 Å². The third-order valence-corrected chi connectivity index (χ3v) is 3.35. The number of rotatable bonds is 7. The van der Waals surface area contributed by atoms with Gasteiger partial charge in [-0.1, -0.05) is 29.8 Å². The highest BCUT2D eigenvalue weighted by molar-refractivity contribution is 9.09. The average molecular weight is 266 g/mol. The van der Waals surface area contributed by atoms with Gasteiger partial charge in [0.15, 0.2) is 0 Å². The molecular weight excluding hydrogens is 242 g/mol. The zero-order valence-electron chi connectivity index (χ0n) is 10.1. The van der Waals surface area contributed by atoms with E-state index in [4.69, 9.17) is 4.74 Å². The van der Waals surface area contributed by atoms with E-state index in [1.54, 1.807) is 7.11 Å². The molecule has 0 amide bonds. The van der Waals surface area contributed by atoms with Crippen molar-refractivity contribution >= 4 is 15.9 Å². The van der Waals surface area contributed by atoms with Crippen LogP contribution in [0.3, 0.4) is 0 Å². The molecular formula is C11H24BrNO. The Bertz CT molecular complexity index is 148. The molecule has 2 nitrogen and oxygen atoms in total. The maximum Gasteiger partial charge on any atom is 0.0634 e. The molecule has 0 fully saturated rings. The van der Waals surface area contributed by atoms with E-state index in [1.807, 2.05) is 0 Å². The molecule has 3 heteroatoms. The van der Waals surface area contributed by atoms with Gasteiger partial charge in [0.25, 0.3) is 0 Å². The first-order valence-corrected chi connectivity index (χ1v) is 6.39. The summed E-state index contributed by atoms with van der Waals surface area (Å²) in [6.45, 7) is 9.72. The Kier molecular flexibility index (Phi) is 7.00. The number of halogens is 1. The van der Waals surface area contributed by atoms with Crippen LogP contribution in [0, 0.1) is 5.92 Å². The van der Waals surface area contributed by atoms with Gasteiger partial charge < -0.3 is 10.1 Å². The molecule has 14 heavy (non-hydrogen) atoms. The van der Waals surface area contributed by atoms with Crippen LogP contribution < -0.4 is 5.32 Å². The monoisotopic (exact) mass is 265 g/mol. The third-order valence-electron chi connectivity index (χ3n) is 2.66. The molecule has 0 aromatic heterocycles. The molecule has 1 unspecified atom stereocenters. The smallest absolute Gasteiger partial charge is 0.0634 e. The van der Waals surface area contributed by atoms with Crippen LogP contribution in [-0.4, -0.2) is 30.6 Å². The lowest BCUT2D eigenvalue weighted by molar-refractivity contribution is 0.0152. The largest absolute Gasteiger partial charge is 0.379 e. The summed E-state index contributed by atoms with van der Waals surface area (Å²) in [6.07, 6.45) is 1.04. The fourth-order valence-electron chi connectivity index (χ4n) is 1.13. The fourth-order valence-corrected chi connectivity index (χ4v) is 2.11. The van der Waals surface area contributed by atoms with Gasteiger partial charge in [-0.2, -0.15) is 0 Å². The summed E-state index contributed by atoms with van der Waals surface area (Å²) in [5.41, 5.74) is -0.0131. The Balaban J connectivity index is 3.71. The fraction of sp³-hybridized carbons (Fsp3) is 1.00. The van der Waals surface area contributed by atoms with Gasteiger partial charge in [0, 0.05) is 18.5 Å². The number of methoxy groups -OCH3 is 1. The summed E-state index contributed by atoms with van der Waals surface area (Å²) in [7, 11) is 1.77. The van der Waals surface area contributed by atoms with Gasteiger partial charge in [-0.3, -0.25) is 0 Å². The minimum atomic E-state index is -0.0131. The van der Waals surface area contributed by atoms with Crippen LogP contribution in [0.25, 0.3) is 0 Å². The zero-order chi connectivity index (χ0) is 11.2. The zero-order valence-corrected chi connectivity index (χ0v) is 11.6. The van der Waals surface area contributed by atoms with Crippen molar-refractivity contribution < 1.29 is 4.74 Å². The average Bonchev–Trinajstić information content (AvgIpc) is 2.12. The summed E-state index contributed by atoms with van der Waals surface area (Å²) in [6, 6.07) is 0.558. The maximum absolute atomic E-state index is 5.36. The van der Waals surface area contributed by atoms with Gasteiger partial charge in [-0.25, -0.2) is 0 Å². The molecule has 0 aliphatic rings. The number of hydrogen-bond acceptors (Lipinski definition) is 2. The number of hydrogen-bond donors (Lipinski definition) is 1. The van der Waals surface area contributed by atoms with Crippen molar-refractivity contribution in [2.24, 2.45) is 5.92 Å². The number of nitrogens with one attached hydrogen (secondary N) is 1. The molecule has 0 radical (unpaired) electrons. The van der Waals surface area contributed by atoms with Gasteiger partial charge in [0.1, 0.15) is 0 Å². The molecule has 0 aromatic carbocycles.